The van der Waals surface area contributed by atoms with Crippen LogP contribution in [-0.2, 0) is 11.3 Å². The zero-order chi connectivity index (χ0) is 10.7. The summed E-state index contributed by atoms with van der Waals surface area (Å²) in [5.41, 5.74) is 0. The minimum Gasteiger partial charge on any atom is -0.487 e. The third-order valence-corrected chi connectivity index (χ3v) is 2.60. The molecule has 1 aromatic heterocycles. The van der Waals surface area contributed by atoms with E-state index in [0.29, 0.717) is 12.6 Å². The fraction of sp³-hybridized carbons (Fsp3) is 0.636. The van der Waals surface area contributed by atoms with Gasteiger partial charge < -0.3 is 4.74 Å². The number of nitrogens with zero attached hydrogens (tertiary/aromatic N) is 2. The summed E-state index contributed by atoms with van der Waals surface area (Å²) in [5, 5.41) is 4.07. The molecule has 0 amide bonds. The summed E-state index contributed by atoms with van der Waals surface area (Å²) in [7, 11) is 0. The first-order valence-corrected chi connectivity index (χ1v) is 5.42. The zero-order valence-corrected chi connectivity index (χ0v) is 8.98. The molecule has 1 fully saturated rings. The Hall–Kier alpha value is -1.32. The molecule has 82 valence electrons. The maximum Gasteiger partial charge on any atom is 0.157 e. The van der Waals surface area contributed by atoms with Gasteiger partial charge in [0.2, 0.25) is 0 Å². The molecule has 1 heterocycles. The van der Waals surface area contributed by atoms with E-state index in [-0.39, 0.29) is 5.78 Å². The fourth-order valence-electron chi connectivity index (χ4n) is 1.92. The van der Waals surface area contributed by atoms with E-state index in [0.717, 1.165) is 18.6 Å². The van der Waals surface area contributed by atoms with Gasteiger partial charge in [-0.1, -0.05) is 0 Å². The average molecular weight is 208 g/mol. The van der Waals surface area contributed by atoms with Crippen molar-refractivity contribution in [3.8, 4) is 5.75 Å². The second kappa shape index (κ2) is 4.47. The van der Waals surface area contributed by atoms with Crippen LogP contribution in [0.2, 0.25) is 0 Å². The van der Waals surface area contributed by atoms with Gasteiger partial charge in [-0.25, -0.2) is 0 Å². The molecule has 0 unspecified atom stereocenters. The lowest BCUT2D eigenvalue weighted by atomic mass is 10.3. The number of rotatable bonds is 4. The van der Waals surface area contributed by atoms with E-state index in [9.17, 15) is 4.79 Å². The van der Waals surface area contributed by atoms with Crippen LogP contribution in [0.25, 0.3) is 0 Å². The van der Waals surface area contributed by atoms with Crippen LogP contribution in [0, 0.1) is 0 Å². The second-order valence-electron chi connectivity index (χ2n) is 4.10. The molecular weight excluding hydrogens is 192 g/mol. The van der Waals surface area contributed by atoms with Gasteiger partial charge in [0, 0.05) is 0 Å². The summed E-state index contributed by atoms with van der Waals surface area (Å²) in [4.78, 5) is 10.9. The number of hydrogen-bond donors (Lipinski definition) is 0. The standard InChI is InChI=1S/C11H16N2O2/c1-9(14)7-13-8-11(6-12-13)15-10-4-2-3-5-10/h6,8,10H,2-5,7H2,1H3. The maximum absolute atomic E-state index is 10.9. The summed E-state index contributed by atoms with van der Waals surface area (Å²) in [6.07, 6.45) is 8.61. The number of carbonyl (C=O) groups excluding carboxylic acids is 1. The molecule has 0 radical (unpaired) electrons. The Morgan fingerprint density at radius 1 is 1.60 bits per heavy atom. The van der Waals surface area contributed by atoms with Crippen molar-refractivity contribution in [1.29, 1.82) is 0 Å². The molecule has 4 heteroatoms. The second-order valence-corrected chi connectivity index (χ2v) is 4.10. The molecule has 1 saturated carbocycles. The minimum atomic E-state index is 0.102. The van der Waals surface area contributed by atoms with Crippen LogP contribution >= 0.6 is 0 Å². The van der Waals surface area contributed by atoms with Crippen molar-refractivity contribution in [2.45, 2.75) is 45.3 Å². The van der Waals surface area contributed by atoms with Crippen LogP contribution < -0.4 is 4.74 Å². The Labute approximate surface area is 89.2 Å². The molecule has 0 aliphatic heterocycles. The number of carbonyl (C=O) groups is 1. The Morgan fingerprint density at radius 2 is 2.33 bits per heavy atom. The van der Waals surface area contributed by atoms with Crippen LogP contribution in [0.4, 0.5) is 0 Å². The largest absolute Gasteiger partial charge is 0.487 e. The van der Waals surface area contributed by atoms with Gasteiger partial charge >= 0.3 is 0 Å². The van der Waals surface area contributed by atoms with Crippen molar-refractivity contribution in [2.24, 2.45) is 0 Å². The van der Waals surface area contributed by atoms with Gasteiger partial charge in [0.25, 0.3) is 0 Å². The highest BCUT2D eigenvalue weighted by Crippen LogP contribution is 2.23. The van der Waals surface area contributed by atoms with Crippen LogP contribution in [-0.4, -0.2) is 21.7 Å². The van der Waals surface area contributed by atoms with Crippen LogP contribution in [0.5, 0.6) is 5.75 Å². The Kier molecular flexibility index (Phi) is 3.04. The van der Waals surface area contributed by atoms with Gasteiger partial charge in [-0.15, -0.1) is 0 Å². The van der Waals surface area contributed by atoms with E-state index in [1.807, 2.05) is 0 Å². The number of ether oxygens (including phenoxy) is 1. The van der Waals surface area contributed by atoms with Crippen LogP contribution in [0.1, 0.15) is 32.6 Å². The van der Waals surface area contributed by atoms with Gasteiger partial charge in [-0.2, -0.15) is 5.10 Å². The quantitative estimate of drug-likeness (QED) is 0.757. The van der Waals surface area contributed by atoms with Gasteiger partial charge in [0.15, 0.2) is 11.5 Å². The molecule has 1 aromatic rings. The number of hydrogen-bond acceptors (Lipinski definition) is 3. The topological polar surface area (TPSA) is 44.1 Å². The molecule has 1 aliphatic carbocycles. The van der Waals surface area contributed by atoms with E-state index in [4.69, 9.17) is 4.74 Å². The Morgan fingerprint density at radius 3 is 3.00 bits per heavy atom. The molecule has 0 atom stereocenters. The molecule has 2 rings (SSSR count). The van der Waals surface area contributed by atoms with E-state index in [1.54, 1.807) is 24.0 Å². The normalized spacial score (nSPS) is 16.9. The summed E-state index contributed by atoms with van der Waals surface area (Å²) in [6.45, 7) is 1.88. The summed E-state index contributed by atoms with van der Waals surface area (Å²) in [6, 6.07) is 0. The highest BCUT2D eigenvalue weighted by atomic mass is 16.5. The van der Waals surface area contributed by atoms with Gasteiger partial charge in [-0.05, 0) is 32.6 Å². The maximum atomic E-state index is 10.9. The smallest absolute Gasteiger partial charge is 0.157 e. The first-order chi connectivity index (χ1) is 7.24. The molecule has 0 N–H and O–H groups in total. The van der Waals surface area contributed by atoms with Gasteiger partial charge in [-0.3, -0.25) is 9.48 Å². The molecule has 15 heavy (non-hydrogen) atoms. The van der Waals surface area contributed by atoms with Crippen molar-refractivity contribution in [3.63, 3.8) is 0 Å². The fourth-order valence-corrected chi connectivity index (χ4v) is 1.92. The summed E-state index contributed by atoms with van der Waals surface area (Å²) >= 11 is 0. The summed E-state index contributed by atoms with van der Waals surface area (Å²) in [5.74, 6) is 0.883. The first kappa shape index (κ1) is 10.2. The SMILES string of the molecule is CC(=O)Cn1cc(OC2CCCC2)cn1. The number of Topliss-reactive ketones (excluding diaryl/α,β-unsaturated/α-hetero) is 1. The van der Waals surface area contributed by atoms with Crippen molar-refractivity contribution in [3.05, 3.63) is 12.4 Å². The third kappa shape index (κ3) is 2.81. The van der Waals surface area contributed by atoms with E-state index in [1.165, 1.54) is 12.8 Å². The molecule has 0 spiro atoms. The average Bonchev–Trinajstić information content (AvgIpc) is 2.77. The Balaban J connectivity index is 1.91. The van der Waals surface area contributed by atoms with E-state index >= 15 is 0 Å². The molecule has 0 aromatic carbocycles. The van der Waals surface area contributed by atoms with Crippen molar-refractivity contribution < 1.29 is 9.53 Å². The van der Waals surface area contributed by atoms with Gasteiger partial charge in [0.1, 0.15) is 0 Å². The lowest BCUT2D eigenvalue weighted by Gasteiger charge is -2.09. The van der Waals surface area contributed by atoms with E-state index in [2.05, 4.69) is 5.10 Å². The number of aromatic nitrogens is 2. The third-order valence-electron chi connectivity index (χ3n) is 2.60. The molecule has 4 nitrogen and oxygen atoms in total. The monoisotopic (exact) mass is 208 g/mol. The minimum absolute atomic E-state index is 0.102. The zero-order valence-electron chi connectivity index (χ0n) is 8.98. The van der Waals surface area contributed by atoms with Crippen molar-refractivity contribution in [1.82, 2.24) is 9.78 Å². The van der Waals surface area contributed by atoms with Crippen molar-refractivity contribution >= 4 is 5.78 Å². The highest BCUT2D eigenvalue weighted by molar-refractivity contribution is 5.75. The van der Waals surface area contributed by atoms with Crippen molar-refractivity contribution in [2.75, 3.05) is 0 Å². The molecule has 0 saturated heterocycles. The molecule has 1 aliphatic rings. The summed E-state index contributed by atoms with van der Waals surface area (Å²) < 4.78 is 7.36. The highest BCUT2D eigenvalue weighted by Gasteiger charge is 2.17. The lowest BCUT2D eigenvalue weighted by molar-refractivity contribution is -0.117. The first-order valence-electron chi connectivity index (χ1n) is 5.42. The number of ketones is 1. The lowest BCUT2D eigenvalue weighted by Crippen LogP contribution is -2.10. The van der Waals surface area contributed by atoms with Crippen LogP contribution in [0.15, 0.2) is 12.4 Å². The van der Waals surface area contributed by atoms with Crippen LogP contribution in [0.3, 0.4) is 0 Å². The van der Waals surface area contributed by atoms with Gasteiger partial charge in [0.05, 0.1) is 25.0 Å². The van der Waals surface area contributed by atoms with E-state index < -0.39 is 0 Å². The molecular formula is C11H16N2O2. The predicted octanol–water partition coefficient (Wildman–Crippen LogP) is 1.79. The Bertz CT molecular complexity index is 340. The molecule has 0 bridgehead atoms. The predicted molar refractivity (Wildman–Crippen MR) is 55.8 cm³/mol.